The maximum absolute atomic E-state index is 14.1. The van der Waals surface area contributed by atoms with E-state index in [1.165, 1.54) is 4.90 Å². The van der Waals surface area contributed by atoms with E-state index in [9.17, 15) is 14.4 Å². The number of benzene rings is 3. The molecule has 8 rings (SSSR count). The third-order valence-corrected chi connectivity index (χ3v) is 11.1. The van der Waals surface area contributed by atoms with E-state index in [4.69, 9.17) is 14.7 Å². The van der Waals surface area contributed by atoms with Gasteiger partial charge < -0.3 is 29.4 Å². The van der Waals surface area contributed by atoms with Crippen molar-refractivity contribution in [1.82, 2.24) is 40.0 Å². The second-order valence-corrected chi connectivity index (χ2v) is 14.9. The lowest BCUT2D eigenvalue weighted by atomic mass is 10.0. The van der Waals surface area contributed by atoms with E-state index >= 15 is 0 Å². The molecule has 3 saturated heterocycles. The molecule has 3 fully saturated rings. The molecule has 55 heavy (non-hydrogen) atoms. The smallest absolute Gasteiger partial charge is 0.252 e. The van der Waals surface area contributed by atoms with Crippen LogP contribution in [0.3, 0.4) is 0 Å². The van der Waals surface area contributed by atoms with Crippen LogP contribution in [0.4, 0.5) is 0 Å². The molecule has 3 amide bonds. The number of imidazole rings is 2. The van der Waals surface area contributed by atoms with Gasteiger partial charge in [0.05, 0.1) is 36.2 Å². The second kappa shape index (κ2) is 16.0. The number of H-pyrrole nitrogens is 2. The summed E-state index contributed by atoms with van der Waals surface area (Å²) in [4.78, 5) is 61.5. The standard InChI is InChI=1S/C43H48N8O4/c1-49(2)38(52)27-44-39(32-9-4-3-5-10-32)43(54)51-23-7-12-36(51)41-46-26-34(48-41)31-20-16-29(17-21-31)28-14-18-30(19-15-28)33-25-45-40(47-33)35-11-6-22-50(35)42(53)37-13-8-24-55-37/h3-5,9-10,14-21,25-26,35-37,39,44H,6-8,11-13,22-24,27H2,1-2H3,(H,45,47)(H,46,48)/t35-,36-,37+,39+/m0/s1. The molecule has 284 valence electrons. The lowest BCUT2D eigenvalue weighted by Crippen LogP contribution is -2.43. The fraction of sp³-hybridized carbons (Fsp3) is 0.372. The summed E-state index contributed by atoms with van der Waals surface area (Å²) in [5.41, 5.74) is 6.76. The van der Waals surface area contributed by atoms with Crippen molar-refractivity contribution in [3.05, 3.63) is 108 Å². The van der Waals surface area contributed by atoms with Gasteiger partial charge in [-0.1, -0.05) is 78.9 Å². The predicted octanol–water partition coefficient (Wildman–Crippen LogP) is 6.06. The van der Waals surface area contributed by atoms with Crippen molar-refractivity contribution in [3.8, 4) is 33.6 Å². The molecule has 12 nitrogen and oxygen atoms in total. The number of carbonyl (C=O) groups excluding carboxylic acids is 3. The number of hydrogen-bond donors (Lipinski definition) is 3. The van der Waals surface area contributed by atoms with Crippen LogP contribution in [-0.4, -0.2) is 98.8 Å². The molecule has 0 unspecified atom stereocenters. The third kappa shape index (κ3) is 7.69. The Balaban J connectivity index is 0.923. The summed E-state index contributed by atoms with van der Waals surface area (Å²) < 4.78 is 5.68. The Bertz CT molecular complexity index is 2100. The van der Waals surface area contributed by atoms with E-state index in [-0.39, 0.29) is 42.5 Å². The highest BCUT2D eigenvalue weighted by atomic mass is 16.5. The summed E-state index contributed by atoms with van der Waals surface area (Å²) >= 11 is 0. The molecular formula is C43H48N8O4. The summed E-state index contributed by atoms with van der Waals surface area (Å²) in [5, 5.41) is 3.22. The van der Waals surface area contributed by atoms with Crippen LogP contribution in [0, 0.1) is 0 Å². The van der Waals surface area contributed by atoms with Gasteiger partial charge in [-0.2, -0.15) is 0 Å². The Morgan fingerprint density at radius 1 is 0.818 bits per heavy atom. The normalized spacial score (nSPS) is 20.2. The van der Waals surface area contributed by atoms with E-state index in [2.05, 4.69) is 63.8 Å². The number of nitrogens with zero attached hydrogens (tertiary/aromatic N) is 5. The molecule has 0 radical (unpaired) electrons. The minimum Gasteiger partial charge on any atom is -0.368 e. The molecule has 3 aromatic carbocycles. The van der Waals surface area contributed by atoms with E-state index in [0.717, 1.165) is 95.9 Å². The van der Waals surface area contributed by atoms with Crippen molar-refractivity contribution >= 4 is 17.7 Å². The van der Waals surface area contributed by atoms with Crippen molar-refractivity contribution in [3.63, 3.8) is 0 Å². The largest absolute Gasteiger partial charge is 0.368 e. The fourth-order valence-electron chi connectivity index (χ4n) is 8.08. The SMILES string of the molecule is CN(C)C(=O)CN[C@@H](C(=O)N1CCC[C@H]1c1ncc(-c2ccc(-c3ccc(-c4c[nH]c([C@@H]5CCCN5C(=O)[C@H]5CCCO5)n4)cc3)cc2)[nH]1)c1ccccc1. The molecule has 4 atom stereocenters. The molecule has 0 saturated carbocycles. The molecule has 0 bridgehead atoms. The van der Waals surface area contributed by atoms with E-state index in [0.29, 0.717) is 13.2 Å². The van der Waals surface area contributed by atoms with Gasteiger partial charge in [0.25, 0.3) is 5.91 Å². The number of nitrogens with one attached hydrogen (secondary N) is 3. The first-order valence-electron chi connectivity index (χ1n) is 19.4. The fourth-order valence-corrected chi connectivity index (χ4v) is 8.08. The van der Waals surface area contributed by atoms with Crippen LogP contribution in [0.1, 0.15) is 73.9 Å². The van der Waals surface area contributed by atoms with Crippen LogP contribution in [0.15, 0.2) is 91.3 Å². The quantitative estimate of drug-likeness (QED) is 0.150. The minimum absolute atomic E-state index is 0.0470. The first-order valence-corrected chi connectivity index (χ1v) is 19.4. The highest BCUT2D eigenvalue weighted by Gasteiger charge is 2.38. The summed E-state index contributed by atoms with van der Waals surface area (Å²) in [6.45, 7) is 2.09. The first kappa shape index (κ1) is 36.4. The molecule has 12 heteroatoms. The Labute approximate surface area is 321 Å². The van der Waals surface area contributed by atoms with Crippen molar-refractivity contribution in [2.45, 2.75) is 62.8 Å². The molecule has 3 N–H and O–H groups in total. The summed E-state index contributed by atoms with van der Waals surface area (Å²) in [6.07, 6.45) is 8.72. The Hall–Kier alpha value is -5.59. The summed E-state index contributed by atoms with van der Waals surface area (Å²) in [5.74, 6) is 1.52. The molecule has 3 aliphatic rings. The number of likely N-dealkylation sites (N-methyl/N-ethyl adjacent to an activating group) is 1. The Morgan fingerprint density at radius 3 is 2.15 bits per heavy atom. The Morgan fingerprint density at radius 2 is 1.47 bits per heavy atom. The van der Waals surface area contributed by atoms with Crippen molar-refractivity contribution in [2.24, 2.45) is 0 Å². The maximum Gasteiger partial charge on any atom is 0.252 e. The average molecular weight is 741 g/mol. The van der Waals surface area contributed by atoms with E-state index in [1.54, 1.807) is 14.1 Å². The Kier molecular flexibility index (Phi) is 10.6. The maximum atomic E-state index is 14.1. The number of hydrogen-bond acceptors (Lipinski definition) is 7. The molecule has 0 spiro atoms. The highest BCUT2D eigenvalue weighted by molar-refractivity contribution is 5.85. The monoisotopic (exact) mass is 740 g/mol. The number of rotatable bonds is 11. The van der Waals surface area contributed by atoms with Gasteiger partial charge in [0.2, 0.25) is 11.8 Å². The number of aromatic amines is 2. The zero-order valence-corrected chi connectivity index (χ0v) is 31.4. The van der Waals surface area contributed by atoms with Crippen LogP contribution in [0.2, 0.25) is 0 Å². The van der Waals surface area contributed by atoms with Crippen LogP contribution in [-0.2, 0) is 19.1 Å². The number of ether oxygens (including phenoxy) is 1. The van der Waals surface area contributed by atoms with Crippen LogP contribution in [0.5, 0.6) is 0 Å². The molecule has 2 aromatic heterocycles. The molecule has 0 aliphatic carbocycles. The van der Waals surface area contributed by atoms with Crippen LogP contribution < -0.4 is 5.32 Å². The number of carbonyl (C=O) groups is 3. The van der Waals surface area contributed by atoms with Gasteiger partial charge in [-0.05, 0) is 60.8 Å². The van der Waals surface area contributed by atoms with Crippen molar-refractivity contribution < 1.29 is 19.1 Å². The lowest BCUT2D eigenvalue weighted by Gasteiger charge is -2.29. The molecule has 5 heterocycles. The van der Waals surface area contributed by atoms with Gasteiger partial charge in [0, 0.05) is 45.6 Å². The zero-order valence-electron chi connectivity index (χ0n) is 31.4. The minimum atomic E-state index is -0.643. The van der Waals surface area contributed by atoms with E-state index in [1.807, 2.05) is 52.5 Å². The molecule has 5 aromatic rings. The number of likely N-dealkylation sites (tertiary alicyclic amines) is 2. The topological polar surface area (TPSA) is 140 Å². The average Bonchev–Trinajstić information content (AvgIpc) is 4.07. The van der Waals surface area contributed by atoms with Crippen LogP contribution in [0.25, 0.3) is 33.6 Å². The van der Waals surface area contributed by atoms with Gasteiger partial charge in [-0.25, -0.2) is 9.97 Å². The highest BCUT2D eigenvalue weighted by Crippen LogP contribution is 2.36. The van der Waals surface area contributed by atoms with Gasteiger partial charge in [-0.3, -0.25) is 19.7 Å². The molecular weight excluding hydrogens is 693 g/mol. The van der Waals surface area contributed by atoms with Crippen molar-refractivity contribution in [2.75, 3.05) is 40.3 Å². The third-order valence-electron chi connectivity index (χ3n) is 11.1. The second-order valence-electron chi connectivity index (χ2n) is 14.9. The summed E-state index contributed by atoms with van der Waals surface area (Å²) in [6, 6.07) is 25.5. The zero-order chi connectivity index (χ0) is 37.9. The van der Waals surface area contributed by atoms with Gasteiger partial charge in [0.1, 0.15) is 23.8 Å². The lowest BCUT2D eigenvalue weighted by molar-refractivity contribution is -0.142. The van der Waals surface area contributed by atoms with E-state index < -0.39 is 6.04 Å². The van der Waals surface area contributed by atoms with Gasteiger partial charge in [0.15, 0.2) is 0 Å². The first-order chi connectivity index (χ1) is 26.8. The predicted molar refractivity (Wildman–Crippen MR) is 209 cm³/mol. The van der Waals surface area contributed by atoms with Crippen molar-refractivity contribution in [1.29, 1.82) is 0 Å². The number of amides is 3. The van der Waals surface area contributed by atoms with Crippen LogP contribution >= 0.6 is 0 Å². The van der Waals surface area contributed by atoms with Gasteiger partial charge >= 0.3 is 0 Å². The summed E-state index contributed by atoms with van der Waals surface area (Å²) in [7, 11) is 3.42. The number of aromatic nitrogens is 4. The molecule has 3 aliphatic heterocycles. The van der Waals surface area contributed by atoms with Gasteiger partial charge in [-0.15, -0.1) is 0 Å².